The van der Waals surface area contributed by atoms with E-state index in [0.717, 1.165) is 38.5 Å². The van der Waals surface area contributed by atoms with Crippen molar-refractivity contribution in [3.8, 4) is 0 Å². The summed E-state index contributed by atoms with van der Waals surface area (Å²) in [5.74, 6) is -9.10. The van der Waals surface area contributed by atoms with Gasteiger partial charge in [0.05, 0.1) is 11.1 Å². The fraction of sp³-hybridized carbons (Fsp3) is 0.591. The van der Waals surface area contributed by atoms with Gasteiger partial charge in [0.15, 0.2) is 6.10 Å². The molecular weight excluding hydrogens is 398 g/mol. The molecule has 1 aromatic rings. The van der Waals surface area contributed by atoms with Crippen LogP contribution in [0.1, 0.15) is 80.0 Å². The number of carbonyl (C=O) groups excluding carboxylic acids is 2. The number of benzene rings is 1. The molecular formula is C22H28F2O6. The highest BCUT2D eigenvalue weighted by molar-refractivity contribution is 5.93. The molecule has 8 heteroatoms. The van der Waals surface area contributed by atoms with Gasteiger partial charge in [-0.25, -0.2) is 14.4 Å². The summed E-state index contributed by atoms with van der Waals surface area (Å²) in [6, 6.07) is 5.28. The normalized spacial score (nSPS) is 17.3. The lowest BCUT2D eigenvalue weighted by Gasteiger charge is -2.36. The first-order chi connectivity index (χ1) is 14.0. The van der Waals surface area contributed by atoms with Gasteiger partial charge >= 0.3 is 23.8 Å². The second-order valence-corrected chi connectivity index (χ2v) is 8.06. The maximum atomic E-state index is 13.9. The molecule has 1 aromatic carbocycles. The average Bonchev–Trinajstić information content (AvgIpc) is 2.72. The average molecular weight is 426 g/mol. The molecule has 1 aliphatic carbocycles. The lowest BCUT2D eigenvalue weighted by atomic mass is 9.82. The molecule has 1 N–H and O–H groups in total. The SMILES string of the molecule is CCC1(OC(=O)c2ccc(C(=O)OC(C(C)C)C(F)(F)C(=O)O)cc2)CCCCC1. The number of ether oxygens (including phenoxy) is 2. The van der Waals surface area contributed by atoms with Gasteiger partial charge in [-0.05, 0) is 62.3 Å². The fourth-order valence-electron chi connectivity index (χ4n) is 3.66. The maximum Gasteiger partial charge on any atom is 0.378 e. The summed E-state index contributed by atoms with van der Waals surface area (Å²) < 4.78 is 38.3. The highest BCUT2D eigenvalue weighted by atomic mass is 19.3. The molecule has 0 aromatic heterocycles. The Labute approximate surface area is 174 Å². The smallest absolute Gasteiger partial charge is 0.378 e. The molecule has 6 nitrogen and oxygen atoms in total. The fourth-order valence-corrected chi connectivity index (χ4v) is 3.66. The topological polar surface area (TPSA) is 89.9 Å². The monoisotopic (exact) mass is 426 g/mol. The number of carboxylic acid groups (broad SMARTS) is 1. The summed E-state index contributed by atoms with van der Waals surface area (Å²) in [4.78, 5) is 35.6. The third kappa shape index (κ3) is 5.34. The maximum absolute atomic E-state index is 13.9. The highest BCUT2D eigenvalue weighted by Crippen LogP contribution is 2.35. The molecule has 0 amide bonds. The van der Waals surface area contributed by atoms with Crippen molar-refractivity contribution in [1.82, 2.24) is 0 Å². The molecule has 0 radical (unpaired) electrons. The van der Waals surface area contributed by atoms with E-state index in [1.54, 1.807) is 0 Å². The van der Waals surface area contributed by atoms with Gasteiger partial charge in [-0.3, -0.25) is 0 Å². The number of carbonyl (C=O) groups is 3. The van der Waals surface area contributed by atoms with E-state index in [2.05, 4.69) is 0 Å². The van der Waals surface area contributed by atoms with Crippen LogP contribution in [0.4, 0.5) is 8.78 Å². The molecule has 0 heterocycles. The van der Waals surface area contributed by atoms with E-state index in [4.69, 9.17) is 14.6 Å². The summed E-state index contributed by atoms with van der Waals surface area (Å²) in [5.41, 5.74) is -0.303. The van der Waals surface area contributed by atoms with Crippen LogP contribution in [0, 0.1) is 5.92 Å². The first kappa shape index (κ1) is 23.8. The van der Waals surface area contributed by atoms with Gasteiger partial charge in [0, 0.05) is 0 Å². The van der Waals surface area contributed by atoms with Crippen molar-refractivity contribution in [3.63, 3.8) is 0 Å². The predicted octanol–water partition coefficient (Wildman–Crippen LogP) is 4.86. The van der Waals surface area contributed by atoms with E-state index >= 15 is 0 Å². The van der Waals surface area contributed by atoms with E-state index in [9.17, 15) is 23.2 Å². The number of rotatable bonds is 8. The lowest BCUT2D eigenvalue weighted by molar-refractivity contribution is -0.187. The van der Waals surface area contributed by atoms with Crippen LogP contribution in [-0.4, -0.2) is 40.6 Å². The Hall–Kier alpha value is -2.51. The van der Waals surface area contributed by atoms with Crippen molar-refractivity contribution < 1.29 is 37.7 Å². The van der Waals surface area contributed by atoms with Crippen molar-refractivity contribution in [2.75, 3.05) is 0 Å². The minimum atomic E-state index is -4.22. The van der Waals surface area contributed by atoms with Crippen LogP contribution < -0.4 is 0 Å². The molecule has 0 aliphatic heterocycles. The van der Waals surface area contributed by atoms with Crippen LogP contribution in [0.3, 0.4) is 0 Å². The third-order valence-corrected chi connectivity index (χ3v) is 5.56. The predicted molar refractivity (Wildman–Crippen MR) is 105 cm³/mol. The van der Waals surface area contributed by atoms with Gasteiger partial charge < -0.3 is 14.6 Å². The second kappa shape index (κ2) is 9.53. The van der Waals surface area contributed by atoms with Gasteiger partial charge in [-0.1, -0.05) is 27.2 Å². The first-order valence-electron chi connectivity index (χ1n) is 10.2. The van der Waals surface area contributed by atoms with Crippen molar-refractivity contribution in [3.05, 3.63) is 35.4 Å². The van der Waals surface area contributed by atoms with E-state index in [0.29, 0.717) is 0 Å². The minimum Gasteiger partial charge on any atom is -0.477 e. The van der Waals surface area contributed by atoms with Crippen LogP contribution in [0.15, 0.2) is 24.3 Å². The van der Waals surface area contributed by atoms with Gasteiger partial charge in [0.25, 0.3) is 0 Å². The summed E-state index contributed by atoms with van der Waals surface area (Å²) >= 11 is 0. The van der Waals surface area contributed by atoms with Crippen molar-refractivity contribution in [2.24, 2.45) is 5.92 Å². The van der Waals surface area contributed by atoms with E-state index in [1.807, 2.05) is 6.92 Å². The lowest BCUT2D eigenvalue weighted by Crippen LogP contribution is -2.47. The van der Waals surface area contributed by atoms with Crippen LogP contribution >= 0.6 is 0 Å². The number of esters is 2. The molecule has 166 valence electrons. The van der Waals surface area contributed by atoms with Crippen molar-refractivity contribution in [1.29, 1.82) is 0 Å². The quantitative estimate of drug-likeness (QED) is 0.597. The van der Waals surface area contributed by atoms with Crippen LogP contribution in [0.2, 0.25) is 0 Å². The molecule has 30 heavy (non-hydrogen) atoms. The number of alkyl halides is 2. The molecule has 0 saturated heterocycles. The summed E-state index contributed by atoms with van der Waals surface area (Å²) in [7, 11) is 0. The van der Waals surface area contributed by atoms with Crippen LogP contribution in [0.25, 0.3) is 0 Å². The third-order valence-electron chi connectivity index (χ3n) is 5.56. The Bertz CT molecular complexity index is 766. The largest absolute Gasteiger partial charge is 0.477 e. The molecule has 1 atom stereocenters. The van der Waals surface area contributed by atoms with Crippen molar-refractivity contribution in [2.45, 2.75) is 76.9 Å². The zero-order chi connectivity index (χ0) is 22.5. The molecule has 0 bridgehead atoms. The zero-order valence-corrected chi connectivity index (χ0v) is 17.5. The Kier molecular flexibility index (Phi) is 7.55. The van der Waals surface area contributed by atoms with Gasteiger partial charge in [-0.2, -0.15) is 8.78 Å². The zero-order valence-electron chi connectivity index (χ0n) is 17.5. The van der Waals surface area contributed by atoms with Gasteiger partial charge in [-0.15, -0.1) is 0 Å². The summed E-state index contributed by atoms with van der Waals surface area (Å²) in [5, 5.41) is 8.72. The second-order valence-electron chi connectivity index (χ2n) is 8.06. The standard InChI is InChI=1S/C22H28F2O6/c1-4-21(12-6-5-7-13-21)30-19(26)16-10-8-15(9-11-16)18(25)29-17(14(2)3)22(23,24)20(27)28/h8-11,14,17H,4-7,12-13H2,1-3H3,(H,27,28). The minimum absolute atomic E-state index is 0.0683. The molecule has 1 aliphatic rings. The Balaban J connectivity index is 2.09. The number of hydrogen-bond acceptors (Lipinski definition) is 5. The van der Waals surface area contributed by atoms with E-state index in [1.165, 1.54) is 38.1 Å². The number of carboxylic acids is 1. The van der Waals surface area contributed by atoms with Crippen LogP contribution in [-0.2, 0) is 14.3 Å². The molecule has 0 spiro atoms. The highest BCUT2D eigenvalue weighted by Gasteiger charge is 2.51. The van der Waals surface area contributed by atoms with E-state index < -0.39 is 41.5 Å². The van der Waals surface area contributed by atoms with Gasteiger partial charge in [0.2, 0.25) is 0 Å². The molecule has 1 unspecified atom stereocenters. The Morgan fingerprint density at radius 2 is 1.53 bits per heavy atom. The van der Waals surface area contributed by atoms with Crippen molar-refractivity contribution >= 4 is 17.9 Å². The van der Waals surface area contributed by atoms with E-state index in [-0.39, 0.29) is 11.1 Å². The molecule has 1 fully saturated rings. The number of halogens is 2. The van der Waals surface area contributed by atoms with Gasteiger partial charge in [0.1, 0.15) is 5.60 Å². The summed E-state index contributed by atoms with van der Waals surface area (Å²) in [6.07, 6.45) is 3.35. The first-order valence-corrected chi connectivity index (χ1v) is 10.2. The Morgan fingerprint density at radius 1 is 1.03 bits per heavy atom. The molecule has 2 rings (SSSR count). The Morgan fingerprint density at radius 3 is 1.97 bits per heavy atom. The number of hydrogen-bond donors (Lipinski definition) is 1. The number of aliphatic carboxylic acids is 1. The molecule has 1 saturated carbocycles. The summed E-state index contributed by atoms with van der Waals surface area (Å²) in [6.45, 7) is 4.65. The van der Waals surface area contributed by atoms with Crippen LogP contribution in [0.5, 0.6) is 0 Å².